The zero-order valence-electron chi connectivity index (χ0n) is 9.28. The van der Waals surface area contributed by atoms with Crippen molar-refractivity contribution in [1.29, 1.82) is 0 Å². The summed E-state index contributed by atoms with van der Waals surface area (Å²) in [7, 11) is 0. The van der Waals surface area contributed by atoms with Crippen LogP contribution in [0.3, 0.4) is 0 Å². The summed E-state index contributed by atoms with van der Waals surface area (Å²) in [5, 5.41) is 9.36. The molecule has 18 heavy (non-hydrogen) atoms. The Labute approximate surface area is 106 Å². The molecule has 0 amide bonds. The standard InChI is InChI=1S/C12H9ClF2O3/c1-5-8-4-6(13)2-3-7(8)9(16)12(5,10(14)15)11(17)18/h2-5,10H,1H3,(H,17,18). The molecular weight excluding hydrogens is 266 g/mol. The molecule has 0 saturated carbocycles. The third-order valence-corrected chi connectivity index (χ3v) is 3.72. The van der Waals surface area contributed by atoms with Gasteiger partial charge in [-0.2, -0.15) is 0 Å². The van der Waals surface area contributed by atoms with Gasteiger partial charge in [-0.05, 0) is 23.8 Å². The molecule has 0 saturated heterocycles. The van der Waals surface area contributed by atoms with Crippen LogP contribution < -0.4 is 0 Å². The van der Waals surface area contributed by atoms with Crippen LogP contribution in [0.15, 0.2) is 18.2 Å². The maximum atomic E-state index is 13.2. The highest BCUT2D eigenvalue weighted by molar-refractivity contribution is 6.31. The number of Topliss-reactive ketones (excluding diaryl/α,β-unsaturated/α-hetero) is 1. The topological polar surface area (TPSA) is 54.4 Å². The van der Waals surface area contributed by atoms with E-state index in [1.807, 2.05) is 0 Å². The van der Waals surface area contributed by atoms with Gasteiger partial charge >= 0.3 is 5.97 Å². The van der Waals surface area contributed by atoms with Gasteiger partial charge < -0.3 is 5.11 Å². The number of ketones is 1. The first kappa shape index (κ1) is 13.0. The molecule has 0 radical (unpaired) electrons. The highest BCUT2D eigenvalue weighted by Crippen LogP contribution is 2.51. The molecule has 1 aliphatic carbocycles. The van der Waals surface area contributed by atoms with Crippen LogP contribution in [-0.4, -0.2) is 23.3 Å². The first-order chi connectivity index (χ1) is 8.33. The van der Waals surface area contributed by atoms with Crippen LogP contribution in [0.2, 0.25) is 5.02 Å². The van der Waals surface area contributed by atoms with E-state index in [1.54, 1.807) is 0 Å². The molecule has 1 aromatic rings. The summed E-state index contributed by atoms with van der Waals surface area (Å²) in [6.07, 6.45) is -3.27. The Morgan fingerprint density at radius 3 is 2.61 bits per heavy atom. The number of carboxylic acid groups (broad SMARTS) is 1. The second kappa shape index (κ2) is 4.02. The normalized spacial score (nSPS) is 26.5. The number of rotatable bonds is 2. The minimum atomic E-state index is -3.27. The molecule has 2 rings (SSSR count). The molecule has 2 atom stereocenters. The minimum absolute atomic E-state index is 0.00889. The van der Waals surface area contributed by atoms with E-state index in [2.05, 4.69) is 0 Å². The highest BCUT2D eigenvalue weighted by Gasteiger charge is 2.63. The third kappa shape index (κ3) is 1.40. The molecule has 0 aromatic heterocycles. The zero-order valence-corrected chi connectivity index (χ0v) is 10.0. The highest BCUT2D eigenvalue weighted by atomic mass is 35.5. The summed E-state index contributed by atoms with van der Waals surface area (Å²) in [5.41, 5.74) is -2.43. The number of carboxylic acids is 1. The van der Waals surface area contributed by atoms with Crippen LogP contribution in [0.5, 0.6) is 0 Å². The summed E-state index contributed by atoms with van der Waals surface area (Å²) in [5.74, 6) is -3.97. The van der Waals surface area contributed by atoms with Crippen molar-refractivity contribution in [3.63, 3.8) is 0 Å². The Morgan fingerprint density at radius 2 is 2.11 bits per heavy atom. The molecule has 0 fully saturated rings. The molecule has 2 unspecified atom stereocenters. The van der Waals surface area contributed by atoms with Crippen molar-refractivity contribution in [3.05, 3.63) is 34.3 Å². The predicted octanol–water partition coefficient (Wildman–Crippen LogP) is 2.98. The fourth-order valence-electron chi connectivity index (χ4n) is 2.43. The van der Waals surface area contributed by atoms with E-state index >= 15 is 0 Å². The molecule has 3 nitrogen and oxygen atoms in total. The summed E-state index contributed by atoms with van der Waals surface area (Å²) < 4.78 is 26.4. The van der Waals surface area contributed by atoms with Crippen molar-refractivity contribution in [2.45, 2.75) is 19.3 Å². The van der Waals surface area contributed by atoms with Crippen LogP contribution in [-0.2, 0) is 4.79 Å². The number of benzene rings is 1. The van der Waals surface area contributed by atoms with E-state index in [9.17, 15) is 18.4 Å². The van der Waals surface area contributed by atoms with Gasteiger partial charge in [0.1, 0.15) is 0 Å². The molecule has 0 aliphatic heterocycles. The summed E-state index contributed by atoms with van der Waals surface area (Å²) in [6, 6.07) is 4.05. The van der Waals surface area contributed by atoms with Crippen LogP contribution in [0.25, 0.3) is 0 Å². The van der Waals surface area contributed by atoms with Gasteiger partial charge in [-0.25, -0.2) is 8.78 Å². The van der Waals surface area contributed by atoms with Gasteiger partial charge in [-0.3, -0.25) is 9.59 Å². The Balaban J connectivity index is 2.70. The summed E-state index contributed by atoms with van der Waals surface area (Å²) >= 11 is 5.74. The van der Waals surface area contributed by atoms with Crippen LogP contribution in [0, 0.1) is 5.41 Å². The van der Waals surface area contributed by atoms with Crippen LogP contribution in [0.4, 0.5) is 8.78 Å². The van der Waals surface area contributed by atoms with Crippen molar-refractivity contribution >= 4 is 23.4 Å². The van der Waals surface area contributed by atoms with Crippen molar-refractivity contribution in [1.82, 2.24) is 0 Å². The van der Waals surface area contributed by atoms with Crippen LogP contribution >= 0.6 is 11.6 Å². The second-order valence-corrected chi connectivity index (χ2v) is 4.69. The van der Waals surface area contributed by atoms with E-state index in [0.29, 0.717) is 0 Å². The molecular formula is C12H9ClF2O3. The van der Waals surface area contributed by atoms with Crippen molar-refractivity contribution in [3.8, 4) is 0 Å². The number of fused-ring (bicyclic) bond motifs is 1. The lowest BCUT2D eigenvalue weighted by Crippen LogP contribution is -2.45. The molecule has 1 aliphatic rings. The van der Waals surface area contributed by atoms with E-state index in [4.69, 9.17) is 16.7 Å². The molecule has 1 N–H and O–H groups in total. The van der Waals surface area contributed by atoms with E-state index in [-0.39, 0.29) is 16.1 Å². The minimum Gasteiger partial charge on any atom is -0.480 e. The van der Waals surface area contributed by atoms with E-state index < -0.39 is 29.5 Å². The lowest BCUT2D eigenvalue weighted by Gasteiger charge is -2.26. The number of hydrogen-bond acceptors (Lipinski definition) is 2. The van der Waals surface area contributed by atoms with Gasteiger partial charge in [0.15, 0.2) is 11.2 Å². The SMILES string of the molecule is CC1c2cc(Cl)ccc2C(=O)C1(C(=O)O)C(F)F. The summed E-state index contributed by atoms with van der Waals surface area (Å²) in [4.78, 5) is 23.2. The van der Waals surface area contributed by atoms with Crippen LogP contribution in [0.1, 0.15) is 28.8 Å². The van der Waals surface area contributed by atoms with Gasteiger partial charge in [-0.15, -0.1) is 0 Å². The average Bonchev–Trinajstić information content (AvgIpc) is 2.49. The monoisotopic (exact) mass is 274 g/mol. The maximum absolute atomic E-state index is 13.2. The fourth-order valence-corrected chi connectivity index (χ4v) is 2.61. The second-order valence-electron chi connectivity index (χ2n) is 4.26. The number of aliphatic carboxylic acids is 1. The number of carbonyl (C=O) groups is 2. The van der Waals surface area contributed by atoms with Gasteiger partial charge in [0.25, 0.3) is 6.43 Å². The van der Waals surface area contributed by atoms with Gasteiger partial charge in [0.05, 0.1) is 0 Å². The van der Waals surface area contributed by atoms with Crippen molar-refractivity contribution in [2.24, 2.45) is 5.41 Å². The Hall–Kier alpha value is -1.49. The quantitative estimate of drug-likeness (QED) is 0.844. The number of carbonyl (C=O) groups excluding carboxylic acids is 1. The van der Waals surface area contributed by atoms with Gasteiger partial charge in [0.2, 0.25) is 0 Å². The molecule has 96 valence electrons. The molecule has 0 bridgehead atoms. The smallest absolute Gasteiger partial charge is 0.324 e. The largest absolute Gasteiger partial charge is 0.480 e. The lowest BCUT2D eigenvalue weighted by atomic mass is 9.76. The predicted molar refractivity (Wildman–Crippen MR) is 60.3 cm³/mol. The Bertz CT molecular complexity index is 544. The van der Waals surface area contributed by atoms with Crippen molar-refractivity contribution in [2.75, 3.05) is 0 Å². The average molecular weight is 275 g/mol. The van der Waals surface area contributed by atoms with Crippen molar-refractivity contribution < 1.29 is 23.5 Å². The fraction of sp³-hybridized carbons (Fsp3) is 0.333. The molecule has 0 spiro atoms. The Morgan fingerprint density at radius 1 is 1.50 bits per heavy atom. The Kier molecular flexibility index (Phi) is 2.89. The first-order valence-corrected chi connectivity index (χ1v) is 5.57. The number of halogens is 3. The number of alkyl halides is 2. The zero-order chi connectivity index (χ0) is 13.7. The third-order valence-electron chi connectivity index (χ3n) is 3.48. The van der Waals surface area contributed by atoms with Gasteiger partial charge in [-0.1, -0.05) is 18.5 Å². The van der Waals surface area contributed by atoms with E-state index in [1.165, 1.54) is 25.1 Å². The van der Waals surface area contributed by atoms with Gasteiger partial charge in [0, 0.05) is 16.5 Å². The first-order valence-electron chi connectivity index (χ1n) is 5.19. The maximum Gasteiger partial charge on any atom is 0.324 e. The molecule has 6 heteroatoms. The lowest BCUT2D eigenvalue weighted by molar-refractivity contribution is -0.155. The van der Waals surface area contributed by atoms with E-state index in [0.717, 1.165) is 0 Å². The molecule has 1 aromatic carbocycles. The number of hydrogen-bond donors (Lipinski definition) is 1. The summed E-state index contributed by atoms with van der Waals surface area (Å²) in [6.45, 7) is 1.31. The molecule has 0 heterocycles.